The number of alkyl halides is 1. The van der Waals surface area contributed by atoms with Crippen molar-refractivity contribution < 1.29 is 13.9 Å². The molecule has 0 bridgehead atoms. The van der Waals surface area contributed by atoms with Crippen LogP contribution in [0.3, 0.4) is 0 Å². The van der Waals surface area contributed by atoms with Gasteiger partial charge in [-0.25, -0.2) is 9.18 Å². The first-order valence-corrected chi connectivity index (χ1v) is 6.77. The lowest BCUT2D eigenvalue weighted by Gasteiger charge is -2.34. The highest BCUT2D eigenvalue weighted by atomic mass is 32.2. The molecule has 0 aromatic carbocycles. The number of carbonyl (C=O) groups is 1. The van der Waals surface area contributed by atoms with Gasteiger partial charge in [0.25, 0.3) is 0 Å². The van der Waals surface area contributed by atoms with Crippen LogP contribution in [0.1, 0.15) is 27.2 Å². The van der Waals surface area contributed by atoms with Crippen molar-refractivity contribution in [3.05, 3.63) is 0 Å². The summed E-state index contributed by atoms with van der Waals surface area (Å²) in [6.07, 6.45) is 1.24. The number of piperidine rings is 1. The van der Waals surface area contributed by atoms with E-state index < -0.39 is 17.9 Å². The summed E-state index contributed by atoms with van der Waals surface area (Å²) in [6, 6.07) is 0. The van der Waals surface area contributed by atoms with Gasteiger partial charge < -0.3 is 9.64 Å². The van der Waals surface area contributed by atoms with E-state index in [1.807, 2.05) is 27.0 Å². The van der Waals surface area contributed by atoms with Gasteiger partial charge >= 0.3 is 6.09 Å². The molecule has 16 heavy (non-hydrogen) atoms. The van der Waals surface area contributed by atoms with Gasteiger partial charge in [-0.05, 0) is 33.4 Å². The minimum absolute atomic E-state index is 0.0127. The summed E-state index contributed by atoms with van der Waals surface area (Å²) in [6.45, 7) is 6.17. The summed E-state index contributed by atoms with van der Waals surface area (Å²) < 4.78 is 18.8. The summed E-state index contributed by atoms with van der Waals surface area (Å²) >= 11 is 1.53. The third-order valence-corrected chi connectivity index (χ3v) is 3.57. The van der Waals surface area contributed by atoms with Gasteiger partial charge in [0.05, 0.1) is 6.54 Å². The van der Waals surface area contributed by atoms with Gasteiger partial charge in [-0.15, -0.1) is 0 Å². The van der Waals surface area contributed by atoms with Gasteiger partial charge in [-0.3, -0.25) is 0 Å². The Bertz CT molecular complexity index is 255. The lowest BCUT2D eigenvalue weighted by atomic mass is 10.1. The highest BCUT2D eigenvalue weighted by Crippen LogP contribution is 2.25. The van der Waals surface area contributed by atoms with Crippen molar-refractivity contribution in [2.45, 2.75) is 44.2 Å². The topological polar surface area (TPSA) is 29.5 Å². The number of likely N-dealkylation sites (tertiary alicyclic amines) is 1. The molecule has 0 aliphatic carbocycles. The number of ether oxygens (including phenoxy) is 1. The number of nitrogens with zero attached hydrogens (tertiary/aromatic N) is 1. The van der Waals surface area contributed by atoms with Crippen LogP contribution in [0.2, 0.25) is 0 Å². The maximum absolute atomic E-state index is 13.6. The van der Waals surface area contributed by atoms with Crippen molar-refractivity contribution in [2.75, 3.05) is 19.3 Å². The number of rotatable bonds is 1. The third kappa shape index (κ3) is 3.85. The molecule has 1 amide bonds. The molecule has 1 saturated heterocycles. The van der Waals surface area contributed by atoms with E-state index in [2.05, 4.69) is 0 Å². The van der Waals surface area contributed by atoms with Crippen LogP contribution in [-0.2, 0) is 4.74 Å². The average Bonchev–Trinajstić information content (AvgIpc) is 2.15. The van der Waals surface area contributed by atoms with Crippen molar-refractivity contribution >= 4 is 17.9 Å². The first-order chi connectivity index (χ1) is 7.33. The van der Waals surface area contributed by atoms with Gasteiger partial charge in [-0.1, -0.05) is 0 Å². The molecule has 0 spiro atoms. The highest BCUT2D eigenvalue weighted by Gasteiger charge is 2.32. The third-order valence-electron chi connectivity index (χ3n) is 2.44. The number of hydrogen-bond acceptors (Lipinski definition) is 3. The van der Waals surface area contributed by atoms with Crippen LogP contribution in [0.4, 0.5) is 9.18 Å². The Hall–Kier alpha value is -0.450. The van der Waals surface area contributed by atoms with E-state index in [0.29, 0.717) is 13.0 Å². The zero-order valence-corrected chi connectivity index (χ0v) is 11.1. The molecular formula is C11H20FNO2S. The van der Waals surface area contributed by atoms with E-state index in [9.17, 15) is 9.18 Å². The maximum atomic E-state index is 13.6. The van der Waals surface area contributed by atoms with E-state index in [-0.39, 0.29) is 11.8 Å². The first kappa shape index (κ1) is 13.6. The van der Waals surface area contributed by atoms with Crippen LogP contribution in [0.25, 0.3) is 0 Å². The smallest absolute Gasteiger partial charge is 0.410 e. The quantitative estimate of drug-likeness (QED) is 0.715. The second kappa shape index (κ2) is 5.25. The van der Waals surface area contributed by atoms with Crippen molar-refractivity contribution in [3.63, 3.8) is 0 Å². The standard InChI is InChI=1S/C11H20FNO2S/c1-11(2,3)15-10(14)13-6-5-9(16-4)8(12)7-13/h8-9H,5-7H2,1-4H3. The Kier molecular flexibility index (Phi) is 4.47. The van der Waals surface area contributed by atoms with Gasteiger partial charge in [0.1, 0.15) is 11.8 Å². The monoisotopic (exact) mass is 249 g/mol. The Morgan fingerprint density at radius 2 is 2.12 bits per heavy atom. The van der Waals surface area contributed by atoms with Crippen molar-refractivity contribution in [2.24, 2.45) is 0 Å². The molecule has 1 aliphatic rings. The second-order valence-electron chi connectivity index (χ2n) is 5.01. The summed E-state index contributed by atoms with van der Waals surface area (Å²) in [5.41, 5.74) is -0.515. The molecule has 2 atom stereocenters. The van der Waals surface area contributed by atoms with Crippen LogP contribution in [0.5, 0.6) is 0 Å². The zero-order chi connectivity index (χ0) is 12.3. The van der Waals surface area contributed by atoms with Gasteiger partial charge in [0.15, 0.2) is 0 Å². The molecular weight excluding hydrogens is 229 g/mol. The molecule has 2 unspecified atom stereocenters. The molecule has 1 heterocycles. The fraction of sp³-hybridized carbons (Fsp3) is 0.909. The van der Waals surface area contributed by atoms with Crippen LogP contribution >= 0.6 is 11.8 Å². The van der Waals surface area contributed by atoms with Crippen LogP contribution in [-0.4, -0.2) is 47.4 Å². The van der Waals surface area contributed by atoms with Gasteiger partial charge in [0, 0.05) is 11.8 Å². The van der Waals surface area contributed by atoms with E-state index in [1.165, 1.54) is 16.7 Å². The van der Waals surface area contributed by atoms with E-state index in [4.69, 9.17) is 4.74 Å². The maximum Gasteiger partial charge on any atom is 0.410 e. The van der Waals surface area contributed by atoms with Crippen LogP contribution in [0.15, 0.2) is 0 Å². The van der Waals surface area contributed by atoms with Crippen molar-refractivity contribution in [1.29, 1.82) is 0 Å². The molecule has 3 nitrogen and oxygen atoms in total. The van der Waals surface area contributed by atoms with Crippen molar-refractivity contribution in [3.8, 4) is 0 Å². The largest absolute Gasteiger partial charge is 0.444 e. The lowest BCUT2D eigenvalue weighted by molar-refractivity contribution is 0.0147. The Morgan fingerprint density at radius 3 is 2.56 bits per heavy atom. The first-order valence-electron chi connectivity index (χ1n) is 5.48. The molecule has 0 N–H and O–H groups in total. The van der Waals surface area contributed by atoms with Crippen LogP contribution in [0, 0.1) is 0 Å². The molecule has 0 aromatic rings. The summed E-state index contributed by atoms with van der Waals surface area (Å²) in [7, 11) is 0. The molecule has 0 saturated carbocycles. The molecule has 94 valence electrons. The second-order valence-corrected chi connectivity index (χ2v) is 6.08. The Balaban J connectivity index is 2.48. The number of halogens is 1. The van der Waals surface area contributed by atoms with Gasteiger partial charge in [-0.2, -0.15) is 11.8 Å². The fourth-order valence-corrected chi connectivity index (χ4v) is 2.36. The van der Waals surface area contributed by atoms with Crippen molar-refractivity contribution in [1.82, 2.24) is 4.90 Å². The van der Waals surface area contributed by atoms with E-state index in [1.54, 1.807) is 0 Å². The van der Waals surface area contributed by atoms with Gasteiger partial charge in [0.2, 0.25) is 0 Å². The predicted molar refractivity (Wildman–Crippen MR) is 64.6 cm³/mol. The number of hydrogen-bond donors (Lipinski definition) is 0. The fourth-order valence-electron chi connectivity index (χ4n) is 1.64. The van der Waals surface area contributed by atoms with E-state index >= 15 is 0 Å². The molecule has 1 fully saturated rings. The average molecular weight is 249 g/mol. The molecule has 1 rings (SSSR count). The minimum atomic E-state index is -0.948. The molecule has 0 aromatic heterocycles. The minimum Gasteiger partial charge on any atom is -0.444 e. The predicted octanol–water partition coefficient (Wildman–Crippen LogP) is 2.70. The summed E-state index contributed by atoms with van der Waals surface area (Å²) in [4.78, 5) is 13.1. The molecule has 5 heteroatoms. The summed E-state index contributed by atoms with van der Waals surface area (Å²) in [5, 5.41) is 0.0127. The van der Waals surface area contributed by atoms with Crippen LogP contribution < -0.4 is 0 Å². The van der Waals surface area contributed by atoms with E-state index in [0.717, 1.165) is 0 Å². The Labute approximate surface area is 101 Å². The Morgan fingerprint density at radius 1 is 1.50 bits per heavy atom. The molecule has 0 radical (unpaired) electrons. The summed E-state index contributed by atoms with van der Waals surface area (Å²) in [5.74, 6) is 0. The lowest BCUT2D eigenvalue weighted by Crippen LogP contribution is -2.47. The normalized spacial score (nSPS) is 26.7. The molecule has 1 aliphatic heterocycles. The number of carbonyl (C=O) groups excluding carboxylic acids is 1. The zero-order valence-electron chi connectivity index (χ0n) is 10.3. The number of amides is 1. The SMILES string of the molecule is CSC1CCN(C(=O)OC(C)(C)C)CC1F. The number of thioether (sulfide) groups is 1. The highest BCUT2D eigenvalue weighted by molar-refractivity contribution is 7.99.